The van der Waals surface area contributed by atoms with E-state index < -0.39 is 0 Å². The number of methoxy groups -OCH3 is 1. The van der Waals surface area contributed by atoms with Crippen molar-refractivity contribution >= 4 is 6.29 Å². The van der Waals surface area contributed by atoms with E-state index in [-0.39, 0.29) is 23.3 Å². The number of hydrogen-bond donors (Lipinski definition) is 0. The van der Waals surface area contributed by atoms with Crippen molar-refractivity contribution in [2.24, 2.45) is 5.92 Å². The number of aldehydes is 1. The average Bonchev–Trinajstić information content (AvgIpc) is 2.42. The Hall–Kier alpha value is -1.91. The fraction of sp³-hybridized carbons (Fsp3) is 0.500. The predicted octanol–water partition coefficient (Wildman–Crippen LogP) is 2.67. The first-order chi connectivity index (χ1) is 9.12. The molecule has 2 unspecified atom stereocenters. The standard InChI is InChI=1S/C14H19NO4/c1-3-4-12(10-16)14(9-15(17)18)11-5-7-13(19-2)8-6-11/h5-8,10,12,14H,3-4,9H2,1-2H3. The van der Waals surface area contributed by atoms with Gasteiger partial charge in [0, 0.05) is 10.8 Å². The summed E-state index contributed by atoms with van der Waals surface area (Å²) in [6.45, 7) is 1.74. The molecular formula is C14H19NO4. The van der Waals surface area contributed by atoms with Crippen molar-refractivity contribution in [3.63, 3.8) is 0 Å². The van der Waals surface area contributed by atoms with Crippen LogP contribution >= 0.6 is 0 Å². The summed E-state index contributed by atoms with van der Waals surface area (Å²) >= 11 is 0. The summed E-state index contributed by atoms with van der Waals surface area (Å²) < 4.78 is 5.06. The Morgan fingerprint density at radius 1 is 1.37 bits per heavy atom. The maximum atomic E-state index is 11.2. The third-order valence-electron chi connectivity index (χ3n) is 3.20. The summed E-state index contributed by atoms with van der Waals surface area (Å²) in [5.41, 5.74) is 0.808. The molecule has 1 rings (SSSR count). The van der Waals surface area contributed by atoms with Gasteiger partial charge in [0.1, 0.15) is 12.0 Å². The minimum Gasteiger partial charge on any atom is -0.497 e. The Morgan fingerprint density at radius 3 is 2.42 bits per heavy atom. The fourth-order valence-corrected chi connectivity index (χ4v) is 2.20. The van der Waals surface area contributed by atoms with Crippen LogP contribution in [0.5, 0.6) is 5.75 Å². The van der Waals surface area contributed by atoms with E-state index in [0.717, 1.165) is 18.3 Å². The molecule has 5 heteroatoms. The van der Waals surface area contributed by atoms with Gasteiger partial charge in [-0.05, 0) is 24.1 Å². The molecule has 0 fully saturated rings. The molecule has 0 radical (unpaired) electrons. The van der Waals surface area contributed by atoms with Crippen LogP contribution in [-0.4, -0.2) is 24.9 Å². The molecule has 0 aliphatic rings. The lowest BCUT2D eigenvalue weighted by Gasteiger charge is -2.19. The van der Waals surface area contributed by atoms with Gasteiger partial charge in [0.2, 0.25) is 6.54 Å². The minimum absolute atomic E-state index is 0.226. The Kier molecular flexibility index (Phi) is 5.99. The molecule has 0 saturated heterocycles. The Labute approximate surface area is 112 Å². The van der Waals surface area contributed by atoms with Crippen molar-refractivity contribution in [3.05, 3.63) is 39.9 Å². The zero-order chi connectivity index (χ0) is 14.3. The predicted molar refractivity (Wildman–Crippen MR) is 72.1 cm³/mol. The van der Waals surface area contributed by atoms with E-state index in [1.54, 1.807) is 31.4 Å². The first kappa shape index (κ1) is 15.1. The van der Waals surface area contributed by atoms with E-state index in [1.807, 2.05) is 6.92 Å². The molecule has 2 atom stereocenters. The Balaban J connectivity index is 2.99. The molecule has 104 valence electrons. The summed E-state index contributed by atoms with van der Waals surface area (Å²) in [4.78, 5) is 21.6. The summed E-state index contributed by atoms with van der Waals surface area (Å²) in [5.74, 6) is 0.00361. The molecule has 1 aromatic rings. The molecule has 0 heterocycles. The lowest BCUT2D eigenvalue weighted by Crippen LogP contribution is -2.22. The lowest BCUT2D eigenvalue weighted by molar-refractivity contribution is -0.484. The Bertz CT molecular complexity index is 416. The van der Waals surface area contributed by atoms with Gasteiger partial charge in [0.05, 0.1) is 13.0 Å². The average molecular weight is 265 g/mol. The highest BCUT2D eigenvalue weighted by Gasteiger charge is 2.27. The second-order valence-electron chi connectivity index (χ2n) is 4.48. The van der Waals surface area contributed by atoms with E-state index in [1.165, 1.54) is 0 Å². The van der Waals surface area contributed by atoms with E-state index in [4.69, 9.17) is 4.74 Å². The molecule has 0 spiro atoms. The number of ether oxygens (including phenoxy) is 1. The van der Waals surface area contributed by atoms with Crippen molar-refractivity contribution in [1.29, 1.82) is 0 Å². The summed E-state index contributed by atoms with van der Waals surface area (Å²) in [6, 6.07) is 7.10. The lowest BCUT2D eigenvalue weighted by atomic mass is 9.84. The largest absolute Gasteiger partial charge is 0.497 e. The molecular weight excluding hydrogens is 246 g/mol. The third kappa shape index (κ3) is 4.35. The van der Waals surface area contributed by atoms with Crippen LogP contribution < -0.4 is 4.74 Å². The van der Waals surface area contributed by atoms with Gasteiger partial charge in [0.25, 0.3) is 0 Å². The number of rotatable bonds is 8. The summed E-state index contributed by atoms with van der Waals surface area (Å²) in [7, 11) is 1.56. The van der Waals surface area contributed by atoms with Crippen molar-refractivity contribution in [1.82, 2.24) is 0 Å². The molecule has 0 N–H and O–H groups in total. The van der Waals surface area contributed by atoms with Crippen molar-refractivity contribution in [3.8, 4) is 5.75 Å². The quantitative estimate of drug-likeness (QED) is 0.411. The highest BCUT2D eigenvalue weighted by Crippen LogP contribution is 2.28. The molecule has 0 saturated carbocycles. The van der Waals surface area contributed by atoms with Gasteiger partial charge < -0.3 is 9.53 Å². The number of carbonyl (C=O) groups is 1. The number of benzene rings is 1. The highest BCUT2D eigenvalue weighted by molar-refractivity contribution is 5.56. The Morgan fingerprint density at radius 2 is 2.00 bits per heavy atom. The monoisotopic (exact) mass is 265 g/mol. The van der Waals surface area contributed by atoms with E-state index in [2.05, 4.69) is 0 Å². The zero-order valence-corrected chi connectivity index (χ0v) is 11.2. The summed E-state index contributed by atoms with van der Waals surface area (Å²) in [5, 5.41) is 10.8. The van der Waals surface area contributed by atoms with Crippen molar-refractivity contribution in [2.75, 3.05) is 13.7 Å². The second-order valence-corrected chi connectivity index (χ2v) is 4.48. The van der Waals surface area contributed by atoms with Gasteiger partial charge in [-0.15, -0.1) is 0 Å². The first-order valence-electron chi connectivity index (χ1n) is 6.33. The van der Waals surface area contributed by atoms with Gasteiger partial charge in [0.15, 0.2) is 0 Å². The van der Waals surface area contributed by atoms with E-state index in [0.29, 0.717) is 12.2 Å². The second kappa shape index (κ2) is 7.51. The van der Waals surface area contributed by atoms with E-state index >= 15 is 0 Å². The molecule has 0 aliphatic carbocycles. The van der Waals surface area contributed by atoms with Crippen LogP contribution in [0, 0.1) is 16.0 Å². The summed E-state index contributed by atoms with van der Waals surface area (Å²) in [6.07, 6.45) is 2.32. The van der Waals surface area contributed by atoms with Crippen LogP contribution in [0.4, 0.5) is 0 Å². The molecule has 19 heavy (non-hydrogen) atoms. The van der Waals surface area contributed by atoms with Gasteiger partial charge in [-0.3, -0.25) is 10.1 Å². The van der Waals surface area contributed by atoms with Gasteiger partial charge >= 0.3 is 0 Å². The molecule has 0 aliphatic heterocycles. The minimum atomic E-state index is -0.377. The number of nitrogens with zero attached hydrogens (tertiary/aromatic N) is 1. The number of nitro groups is 1. The normalized spacial score (nSPS) is 13.6. The van der Waals surface area contributed by atoms with Gasteiger partial charge in [-0.25, -0.2) is 0 Å². The van der Waals surface area contributed by atoms with Crippen molar-refractivity contribution < 1.29 is 14.5 Å². The first-order valence-corrected chi connectivity index (χ1v) is 6.33. The maximum absolute atomic E-state index is 11.2. The highest BCUT2D eigenvalue weighted by atomic mass is 16.6. The van der Waals surface area contributed by atoms with Crippen LogP contribution in [0.1, 0.15) is 31.2 Å². The zero-order valence-electron chi connectivity index (χ0n) is 11.2. The van der Waals surface area contributed by atoms with Crippen LogP contribution in [0.3, 0.4) is 0 Å². The van der Waals surface area contributed by atoms with Crippen molar-refractivity contribution in [2.45, 2.75) is 25.7 Å². The van der Waals surface area contributed by atoms with Gasteiger partial charge in [-0.2, -0.15) is 0 Å². The number of carbonyl (C=O) groups excluding carboxylic acids is 1. The van der Waals surface area contributed by atoms with Gasteiger partial charge in [-0.1, -0.05) is 25.5 Å². The molecule has 0 bridgehead atoms. The maximum Gasteiger partial charge on any atom is 0.211 e. The van der Waals surface area contributed by atoms with E-state index in [9.17, 15) is 14.9 Å². The molecule has 0 amide bonds. The molecule has 1 aromatic carbocycles. The smallest absolute Gasteiger partial charge is 0.211 e. The van der Waals surface area contributed by atoms with Crippen LogP contribution in [0.15, 0.2) is 24.3 Å². The number of hydrogen-bond acceptors (Lipinski definition) is 4. The van der Waals surface area contributed by atoms with Crippen LogP contribution in [0.25, 0.3) is 0 Å². The molecule has 5 nitrogen and oxygen atoms in total. The van der Waals surface area contributed by atoms with Crippen LogP contribution in [-0.2, 0) is 4.79 Å². The third-order valence-corrected chi connectivity index (χ3v) is 3.20. The topological polar surface area (TPSA) is 69.4 Å². The van der Waals surface area contributed by atoms with Crippen LogP contribution in [0.2, 0.25) is 0 Å². The fourth-order valence-electron chi connectivity index (χ4n) is 2.20. The molecule has 0 aromatic heterocycles. The SMILES string of the molecule is CCCC(C=O)C(C[N+](=O)[O-])c1ccc(OC)cc1.